The molecular formula is C18H30FN3O3S. The first-order valence-corrected chi connectivity index (χ1v) is 9.90. The topological polar surface area (TPSA) is 71.9 Å². The highest BCUT2D eigenvalue weighted by Gasteiger charge is 2.10. The van der Waals surface area contributed by atoms with Gasteiger partial charge in [-0.05, 0) is 37.0 Å². The first kappa shape index (κ1) is 22.8. The maximum absolute atomic E-state index is 13.8. The van der Waals surface area contributed by atoms with E-state index in [0.717, 1.165) is 17.7 Å². The predicted molar refractivity (Wildman–Crippen MR) is 105 cm³/mol. The van der Waals surface area contributed by atoms with Gasteiger partial charge in [-0.15, -0.1) is 0 Å². The van der Waals surface area contributed by atoms with E-state index in [4.69, 9.17) is 9.47 Å². The lowest BCUT2D eigenvalue weighted by Crippen LogP contribution is -2.21. The molecule has 0 aliphatic heterocycles. The van der Waals surface area contributed by atoms with Crippen molar-refractivity contribution in [3.63, 3.8) is 0 Å². The fourth-order valence-electron chi connectivity index (χ4n) is 1.98. The smallest absolute Gasteiger partial charge is 0.165 e. The first-order valence-electron chi connectivity index (χ1n) is 8.91. The molecule has 0 fully saturated rings. The van der Waals surface area contributed by atoms with Gasteiger partial charge in [0.1, 0.15) is 0 Å². The van der Waals surface area contributed by atoms with Gasteiger partial charge in [0.2, 0.25) is 0 Å². The first-order chi connectivity index (χ1) is 12.5. The van der Waals surface area contributed by atoms with E-state index in [9.17, 15) is 9.30 Å². The molecule has 1 atom stereocenters. The summed E-state index contributed by atoms with van der Waals surface area (Å²) in [7, 11) is 0. The van der Waals surface area contributed by atoms with E-state index < -0.39 is 0 Å². The Kier molecular flexibility index (Phi) is 12.2. The van der Waals surface area contributed by atoms with Crippen LogP contribution in [0.1, 0.15) is 38.8 Å². The van der Waals surface area contributed by atoms with Crippen LogP contribution in [-0.4, -0.2) is 38.8 Å². The van der Waals surface area contributed by atoms with Gasteiger partial charge in [0, 0.05) is 24.9 Å². The van der Waals surface area contributed by atoms with Gasteiger partial charge < -0.3 is 9.47 Å². The largest absolute Gasteiger partial charge is 0.490 e. The fourth-order valence-corrected chi connectivity index (χ4v) is 2.75. The van der Waals surface area contributed by atoms with Gasteiger partial charge in [0.25, 0.3) is 0 Å². The molecule has 0 saturated heterocycles. The molecule has 0 spiro atoms. The molecular weight excluding hydrogens is 357 g/mol. The number of hydrogen-bond acceptors (Lipinski definition) is 7. The summed E-state index contributed by atoms with van der Waals surface area (Å²) in [5.74, 6) is 1.23. The highest BCUT2D eigenvalue weighted by molar-refractivity contribution is 7.97. The molecule has 1 rings (SSSR count). The molecule has 0 aliphatic carbocycles. The van der Waals surface area contributed by atoms with Crippen LogP contribution in [0.2, 0.25) is 0 Å². The number of halogens is 1. The van der Waals surface area contributed by atoms with E-state index in [1.54, 1.807) is 24.1 Å². The lowest BCUT2D eigenvalue weighted by atomic mass is 10.1. The third-order valence-corrected chi connectivity index (χ3v) is 4.42. The van der Waals surface area contributed by atoms with Crippen molar-refractivity contribution in [3.05, 3.63) is 34.5 Å². The Morgan fingerprint density at radius 3 is 2.85 bits per heavy atom. The van der Waals surface area contributed by atoms with Crippen LogP contribution in [0.3, 0.4) is 0 Å². The van der Waals surface area contributed by atoms with Gasteiger partial charge >= 0.3 is 0 Å². The Morgan fingerprint density at radius 2 is 2.12 bits per heavy atom. The number of nitroso groups, excluding NO2 is 1. The standard InChI is InChI=1S/C18H30FN3O3S/c1-14(2)12-25-18-11-16(5-6-17(18)19)15(3)22-26-10-4-9-24-13-20-7-8-21-23/h5-6,11,14-15,20,22H,4,7-10,12-13H2,1-3H3. The summed E-state index contributed by atoms with van der Waals surface area (Å²) >= 11 is 1.62. The second-order valence-corrected chi connectivity index (χ2v) is 7.27. The molecule has 1 aromatic rings. The summed E-state index contributed by atoms with van der Waals surface area (Å²) in [6.07, 6.45) is 0.907. The van der Waals surface area contributed by atoms with Crippen LogP contribution in [0.15, 0.2) is 23.4 Å². The molecule has 0 saturated carbocycles. The second kappa shape index (κ2) is 13.9. The van der Waals surface area contributed by atoms with Crippen molar-refractivity contribution in [2.45, 2.75) is 33.2 Å². The number of rotatable bonds is 15. The van der Waals surface area contributed by atoms with Gasteiger partial charge in [-0.25, -0.2) is 4.39 Å². The number of benzene rings is 1. The third-order valence-electron chi connectivity index (χ3n) is 3.41. The molecule has 0 radical (unpaired) electrons. The lowest BCUT2D eigenvalue weighted by molar-refractivity contribution is 0.118. The molecule has 2 N–H and O–H groups in total. The number of nitrogens with one attached hydrogen (secondary N) is 2. The van der Waals surface area contributed by atoms with Crippen molar-refractivity contribution < 1.29 is 13.9 Å². The zero-order valence-electron chi connectivity index (χ0n) is 15.8. The molecule has 1 unspecified atom stereocenters. The number of ether oxygens (including phenoxy) is 2. The van der Waals surface area contributed by atoms with E-state index in [1.165, 1.54) is 6.07 Å². The number of nitrogens with zero attached hydrogens (tertiary/aromatic N) is 1. The maximum Gasteiger partial charge on any atom is 0.165 e. The Bertz CT molecular complexity index is 520. The van der Waals surface area contributed by atoms with Crippen LogP contribution < -0.4 is 14.8 Å². The second-order valence-electron chi connectivity index (χ2n) is 6.34. The zero-order chi connectivity index (χ0) is 19.2. The van der Waals surface area contributed by atoms with Gasteiger partial charge in [-0.2, -0.15) is 4.91 Å². The van der Waals surface area contributed by atoms with Gasteiger partial charge in [-0.1, -0.05) is 37.0 Å². The predicted octanol–water partition coefficient (Wildman–Crippen LogP) is 3.88. The molecule has 0 aliphatic rings. The zero-order valence-corrected chi connectivity index (χ0v) is 16.6. The lowest BCUT2D eigenvalue weighted by Gasteiger charge is -2.16. The summed E-state index contributed by atoms with van der Waals surface area (Å²) in [5.41, 5.74) is 0.988. The Labute approximate surface area is 159 Å². The summed E-state index contributed by atoms with van der Waals surface area (Å²) in [6.45, 7) is 8.47. The fraction of sp³-hybridized carbons (Fsp3) is 0.667. The van der Waals surface area contributed by atoms with Crippen molar-refractivity contribution in [1.82, 2.24) is 10.0 Å². The van der Waals surface area contributed by atoms with Crippen molar-refractivity contribution in [2.24, 2.45) is 11.1 Å². The quantitative estimate of drug-likeness (QED) is 0.206. The molecule has 1 aromatic carbocycles. The highest BCUT2D eigenvalue weighted by atomic mass is 32.2. The monoisotopic (exact) mass is 387 g/mol. The minimum atomic E-state index is -0.330. The average molecular weight is 388 g/mol. The van der Waals surface area contributed by atoms with E-state index in [-0.39, 0.29) is 18.4 Å². The van der Waals surface area contributed by atoms with Crippen LogP contribution >= 0.6 is 11.9 Å². The van der Waals surface area contributed by atoms with E-state index >= 15 is 0 Å². The molecule has 26 heavy (non-hydrogen) atoms. The minimum Gasteiger partial charge on any atom is -0.490 e. The van der Waals surface area contributed by atoms with Gasteiger partial charge in [0.15, 0.2) is 11.6 Å². The Morgan fingerprint density at radius 1 is 1.31 bits per heavy atom. The average Bonchev–Trinajstić information content (AvgIpc) is 2.62. The van der Waals surface area contributed by atoms with Crippen molar-refractivity contribution >= 4 is 11.9 Å². The highest BCUT2D eigenvalue weighted by Crippen LogP contribution is 2.24. The molecule has 6 nitrogen and oxygen atoms in total. The van der Waals surface area contributed by atoms with Crippen LogP contribution in [0.4, 0.5) is 4.39 Å². The minimum absolute atomic E-state index is 0.0837. The van der Waals surface area contributed by atoms with Crippen molar-refractivity contribution in [1.29, 1.82) is 0 Å². The van der Waals surface area contributed by atoms with Gasteiger partial charge in [0.05, 0.1) is 19.9 Å². The van der Waals surface area contributed by atoms with E-state index in [2.05, 4.69) is 15.2 Å². The van der Waals surface area contributed by atoms with E-state index in [0.29, 0.717) is 38.2 Å². The Hall–Kier alpha value is -1.22. The van der Waals surface area contributed by atoms with Crippen LogP contribution in [0.25, 0.3) is 0 Å². The maximum atomic E-state index is 13.8. The van der Waals surface area contributed by atoms with Crippen LogP contribution in [0, 0.1) is 16.6 Å². The number of hydrogen-bond donors (Lipinski definition) is 2. The van der Waals surface area contributed by atoms with Crippen LogP contribution in [-0.2, 0) is 4.74 Å². The van der Waals surface area contributed by atoms with Gasteiger partial charge in [-0.3, -0.25) is 10.0 Å². The van der Waals surface area contributed by atoms with Crippen molar-refractivity contribution in [2.75, 3.05) is 38.8 Å². The van der Waals surface area contributed by atoms with Crippen molar-refractivity contribution in [3.8, 4) is 5.75 Å². The normalized spacial score (nSPS) is 12.3. The molecule has 0 bridgehead atoms. The summed E-state index contributed by atoms with van der Waals surface area (Å²) in [6, 6.07) is 5.08. The SMILES string of the molecule is CC(C)COc1cc(C(C)NSCCCOCNCCN=O)ccc1F. The molecule has 8 heteroatoms. The van der Waals surface area contributed by atoms with E-state index in [1.807, 2.05) is 20.8 Å². The molecule has 148 valence electrons. The molecule has 0 heterocycles. The Balaban J connectivity index is 2.21. The third kappa shape index (κ3) is 10.1. The molecule has 0 amide bonds. The summed E-state index contributed by atoms with van der Waals surface area (Å²) in [4.78, 5) is 9.90. The molecule has 0 aromatic heterocycles. The summed E-state index contributed by atoms with van der Waals surface area (Å²) in [5, 5.41) is 5.72. The summed E-state index contributed by atoms with van der Waals surface area (Å²) < 4.78 is 28.1. The van der Waals surface area contributed by atoms with Crippen LogP contribution in [0.5, 0.6) is 5.75 Å².